The third kappa shape index (κ3) is 4.84. The van der Waals surface area contributed by atoms with Crippen LogP contribution in [0.2, 0.25) is 0 Å². The van der Waals surface area contributed by atoms with Crippen molar-refractivity contribution >= 4 is 29.3 Å². The Bertz CT molecular complexity index is 749. The number of carbonyl (C=O) groups excluding carboxylic acids is 2. The number of hydrogen-bond donors (Lipinski definition) is 1. The first kappa shape index (κ1) is 20.6. The van der Waals surface area contributed by atoms with Crippen LogP contribution in [0.4, 0.5) is 5.69 Å². The van der Waals surface area contributed by atoms with Gasteiger partial charge in [-0.05, 0) is 44.1 Å². The molecule has 2 aliphatic rings. The van der Waals surface area contributed by atoms with E-state index in [-0.39, 0.29) is 35.0 Å². The van der Waals surface area contributed by atoms with Crippen molar-refractivity contribution in [3.63, 3.8) is 0 Å². The lowest BCUT2D eigenvalue weighted by Crippen LogP contribution is -2.48. The lowest BCUT2D eigenvalue weighted by molar-refractivity contribution is -0.385. The van der Waals surface area contributed by atoms with E-state index in [0.29, 0.717) is 13.1 Å². The molecule has 0 bridgehead atoms. The molecule has 1 aromatic carbocycles. The SMILES string of the molecule is CSc1ccc([N+](=O)[O-])c(C(=O)N2CCCC(C(=O)NC3CCCCC3)C2)c1. The number of nitrogens with zero attached hydrogens (tertiary/aromatic N) is 2. The van der Waals surface area contributed by atoms with Crippen LogP contribution >= 0.6 is 11.8 Å². The molecule has 0 radical (unpaired) electrons. The van der Waals surface area contributed by atoms with Gasteiger partial charge in [0, 0.05) is 30.1 Å². The lowest BCUT2D eigenvalue weighted by Gasteiger charge is -2.33. The molecule has 152 valence electrons. The summed E-state index contributed by atoms with van der Waals surface area (Å²) in [5, 5.41) is 14.5. The van der Waals surface area contributed by atoms with Crippen molar-refractivity contribution in [1.29, 1.82) is 0 Å². The Morgan fingerprint density at radius 1 is 1.18 bits per heavy atom. The maximum Gasteiger partial charge on any atom is 0.282 e. The van der Waals surface area contributed by atoms with Gasteiger partial charge < -0.3 is 10.2 Å². The van der Waals surface area contributed by atoms with E-state index in [4.69, 9.17) is 0 Å². The number of thioether (sulfide) groups is 1. The van der Waals surface area contributed by atoms with Crippen LogP contribution in [0.3, 0.4) is 0 Å². The molecule has 2 fully saturated rings. The number of nitro groups is 1. The molecule has 1 aliphatic heterocycles. The molecule has 1 aliphatic carbocycles. The molecule has 0 spiro atoms. The summed E-state index contributed by atoms with van der Waals surface area (Å²) in [7, 11) is 0. The highest BCUT2D eigenvalue weighted by Crippen LogP contribution is 2.28. The molecule has 1 saturated heterocycles. The summed E-state index contributed by atoms with van der Waals surface area (Å²) in [6.45, 7) is 0.838. The van der Waals surface area contributed by atoms with E-state index in [9.17, 15) is 19.7 Å². The maximum absolute atomic E-state index is 13.0. The van der Waals surface area contributed by atoms with Crippen LogP contribution < -0.4 is 5.32 Å². The minimum absolute atomic E-state index is 0.0109. The van der Waals surface area contributed by atoms with Gasteiger partial charge in [0.25, 0.3) is 11.6 Å². The number of hydrogen-bond acceptors (Lipinski definition) is 5. The molecule has 3 rings (SSSR count). The Morgan fingerprint density at radius 2 is 1.93 bits per heavy atom. The van der Waals surface area contributed by atoms with Crippen molar-refractivity contribution < 1.29 is 14.5 Å². The van der Waals surface area contributed by atoms with Gasteiger partial charge in [0.05, 0.1) is 10.8 Å². The Morgan fingerprint density at radius 3 is 2.61 bits per heavy atom. The smallest absolute Gasteiger partial charge is 0.282 e. The second-order valence-electron chi connectivity index (χ2n) is 7.57. The maximum atomic E-state index is 13.0. The van der Waals surface area contributed by atoms with Gasteiger partial charge in [-0.25, -0.2) is 0 Å². The Hall–Kier alpha value is -2.09. The quantitative estimate of drug-likeness (QED) is 0.459. The number of carbonyl (C=O) groups is 2. The van der Waals surface area contributed by atoms with Crippen molar-refractivity contribution in [2.75, 3.05) is 19.3 Å². The molecular formula is C20H27N3O4S. The summed E-state index contributed by atoms with van der Waals surface area (Å²) in [6.07, 6.45) is 8.91. The summed E-state index contributed by atoms with van der Waals surface area (Å²) < 4.78 is 0. The molecule has 1 atom stereocenters. The molecule has 28 heavy (non-hydrogen) atoms. The van der Waals surface area contributed by atoms with E-state index < -0.39 is 4.92 Å². The van der Waals surface area contributed by atoms with Gasteiger partial charge in [-0.15, -0.1) is 11.8 Å². The average Bonchev–Trinajstić information content (AvgIpc) is 2.73. The van der Waals surface area contributed by atoms with Crippen LogP contribution in [0.1, 0.15) is 55.3 Å². The number of likely N-dealkylation sites (tertiary alicyclic amines) is 1. The Balaban J connectivity index is 1.70. The number of piperidine rings is 1. The minimum Gasteiger partial charge on any atom is -0.353 e. The van der Waals surface area contributed by atoms with Crippen molar-refractivity contribution in [3.8, 4) is 0 Å². The number of amides is 2. The zero-order valence-electron chi connectivity index (χ0n) is 16.2. The predicted octanol–water partition coefficient (Wildman–Crippen LogP) is 3.62. The van der Waals surface area contributed by atoms with Crippen LogP contribution in [0.15, 0.2) is 23.1 Å². The third-order valence-electron chi connectivity index (χ3n) is 5.66. The number of benzene rings is 1. The largest absolute Gasteiger partial charge is 0.353 e. The van der Waals surface area contributed by atoms with E-state index in [1.54, 1.807) is 17.0 Å². The van der Waals surface area contributed by atoms with E-state index in [1.807, 2.05) is 6.26 Å². The van der Waals surface area contributed by atoms with Crippen LogP contribution in [0.5, 0.6) is 0 Å². The van der Waals surface area contributed by atoms with Crippen LogP contribution in [0, 0.1) is 16.0 Å². The topological polar surface area (TPSA) is 92.6 Å². The summed E-state index contributed by atoms with van der Waals surface area (Å²) in [5.74, 6) is -0.600. The molecule has 1 aromatic rings. The van der Waals surface area contributed by atoms with Crippen LogP contribution in [-0.4, -0.2) is 47.0 Å². The highest BCUT2D eigenvalue weighted by molar-refractivity contribution is 7.98. The van der Waals surface area contributed by atoms with Crippen LogP contribution in [-0.2, 0) is 4.79 Å². The minimum atomic E-state index is -0.519. The summed E-state index contributed by atoms with van der Waals surface area (Å²) >= 11 is 1.43. The molecule has 1 saturated carbocycles. The fraction of sp³-hybridized carbons (Fsp3) is 0.600. The Labute approximate surface area is 169 Å². The highest BCUT2D eigenvalue weighted by Gasteiger charge is 2.32. The van der Waals surface area contributed by atoms with Gasteiger partial charge >= 0.3 is 0 Å². The van der Waals surface area contributed by atoms with Gasteiger partial charge in [0.15, 0.2) is 0 Å². The van der Waals surface area contributed by atoms with E-state index in [1.165, 1.54) is 24.2 Å². The molecule has 1 unspecified atom stereocenters. The average molecular weight is 406 g/mol. The molecular weight excluding hydrogens is 378 g/mol. The highest BCUT2D eigenvalue weighted by atomic mass is 32.2. The van der Waals surface area contributed by atoms with Gasteiger partial charge in [0.2, 0.25) is 5.91 Å². The zero-order chi connectivity index (χ0) is 20.1. The molecule has 0 aromatic heterocycles. The van der Waals surface area contributed by atoms with Gasteiger partial charge in [-0.1, -0.05) is 19.3 Å². The molecule has 1 heterocycles. The summed E-state index contributed by atoms with van der Waals surface area (Å²) in [5.41, 5.74) is -0.0817. The fourth-order valence-corrected chi connectivity index (χ4v) is 4.52. The standard InChI is InChI=1S/C20H27N3O4S/c1-28-16-9-10-18(23(26)27)17(12-16)20(25)22-11-5-6-14(13-22)19(24)21-15-7-3-2-4-8-15/h9-10,12,14-15H,2-8,11,13H2,1H3,(H,21,24). The second kappa shape index (κ2) is 9.41. The monoisotopic (exact) mass is 405 g/mol. The molecule has 8 heteroatoms. The fourth-order valence-electron chi connectivity index (χ4n) is 4.08. The first-order chi connectivity index (χ1) is 13.5. The van der Waals surface area contributed by atoms with Crippen molar-refractivity contribution in [1.82, 2.24) is 10.2 Å². The zero-order valence-corrected chi connectivity index (χ0v) is 17.0. The van der Waals surface area contributed by atoms with Gasteiger partial charge in [-0.3, -0.25) is 19.7 Å². The van der Waals surface area contributed by atoms with Crippen molar-refractivity contribution in [2.24, 2.45) is 5.92 Å². The van der Waals surface area contributed by atoms with E-state index in [0.717, 1.165) is 43.4 Å². The second-order valence-corrected chi connectivity index (χ2v) is 8.45. The summed E-state index contributed by atoms with van der Waals surface area (Å²) in [4.78, 5) is 39.0. The van der Waals surface area contributed by atoms with E-state index in [2.05, 4.69) is 5.32 Å². The van der Waals surface area contributed by atoms with Crippen LogP contribution in [0.25, 0.3) is 0 Å². The first-order valence-corrected chi connectivity index (χ1v) is 11.1. The van der Waals surface area contributed by atoms with E-state index >= 15 is 0 Å². The van der Waals surface area contributed by atoms with Gasteiger partial charge in [0.1, 0.15) is 5.56 Å². The number of rotatable bonds is 5. The number of nitrogens with one attached hydrogen (secondary N) is 1. The Kier molecular flexibility index (Phi) is 6.93. The number of nitro benzene ring substituents is 1. The lowest BCUT2D eigenvalue weighted by atomic mass is 9.92. The van der Waals surface area contributed by atoms with Crippen molar-refractivity contribution in [2.45, 2.75) is 55.9 Å². The van der Waals surface area contributed by atoms with Crippen molar-refractivity contribution in [3.05, 3.63) is 33.9 Å². The molecule has 2 amide bonds. The third-order valence-corrected chi connectivity index (χ3v) is 6.39. The molecule has 1 N–H and O–H groups in total. The first-order valence-electron chi connectivity index (χ1n) is 9.91. The predicted molar refractivity (Wildman–Crippen MR) is 109 cm³/mol. The molecule has 7 nitrogen and oxygen atoms in total. The summed E-state index contributed by atoms with van der Waals surface area (Å²) in [6, 6.07) is 4.86. The van der Waals surface area contributed by atoms with Gasteiger partial charge in [-0.2, -0.15) is 0 Å². The normalized spacial score (nSPS) is 20.6.